The molecule has 2 heterocycles. The third-order valence-electron chi connectivity index (χ3n) is 2.63. The molecule has 0 amide bonds. The van der Waals surface area contributed by atoms with Crippen molar-refractivity contribution in [1.29, 1.82) is 0 Å². The predicted molar refractivity (Wildman–Crippen MR) is 70.3 cm³/mol. The van der Waals surface area contributed by atoms with Crippen LogP contribution >= 0.6 is 0 Å². The lowest BCUT2D eigenvalue weighted by Gasteiger charge is -2.04. The largest absolute Gasteiger partial charge is 0.297 e. The van der Waals surface area contributed by atoms with Crippen LogP contribution in [0, 0.1) is 34.1 Å². The van der Waals surface area contributed by atoms with E-state index in [0.29, 0.717) is 11.1 Å². The summed E-state index contributed by atoms with van der Waals surface area (Å²) in [5.41, 5.74) is 0.374. The van der Waals surface area contributed by atoms with Gasteiger partial charge in [-0.15, -0.1) is 0 Å². The van der Waals surface area contributed by atoms with E-state index in [1.54, 1.807) is 13.8 Å². The Kier molecular flexibility index (Phi) is 3.38. The van der Waals surface area contributed by atoms with E-state index in [9.17, 15) is 20.2 Å². The molecule has 0 bridgehead atoms. The molecule has 0 spiro atoms. The molecular formula is C12H10N4O4. The maximum absolute atomic E-state index is 11.1. The highest BCUT2D eigenvalue weighted by atomic mass is 16.6. The molecule has 8 nitrogen and oxygen atoms in total. The van der Waals surface area contributed by atoms with Crippen molar-refractivity contribution in [3.05, 3.63) is 55.9 Å². The van der Waals surface area contributed by atoms with E-state index in [0.717, 1.165) is 0 Å². The van der Waals surface area contributed by atoms with Gasteiger partial charge in [0.1, 0.15) is 0 Å². The Morgan fingerprint density at radius 2 is 1.20 bits per heavy atom. The van der Waals surface area contributed by atoms with Crippen molar-refractivity contribution < 1.29 is 9.85 Å². The zero-order chi connectivity index (χ0) is 14.9. The normalized spacial score (nSPS) is 10.3. The molecule has 0 atom stereocenters. The minimum absolute atomic E-state index is 0.104. The van der Waals surface area contributed by atoms with E-state index in [-0.39, 0.29) is 22.8 Å². The molecule has 2 aromatic rings. The summed E-state index contributed by atoms with van der Waals surface area (Å²) in [4.78, 5) is 28.7. The van der Waals surface area contributed by atoms with Gasteiger partial charge in [-0.3, -0.25) is 20.2 Å². The van der Waals surface area contributed by atoms with Gasteiger partial charge in [0.05, 0.1) is 9.85 Å². The van der Waals surface area contributed by atoms with Gasteiger partial charge in [-0.2, -0.15) is 0 Å². The molecule has 20 heavy (non-hydrogen) atoms. The van der Waals surface area contributed by atoms with Crippen molar-refractivity contribution in [1.82, 2.24) is 9.97 Å². The fraction of sp³-hybridized carbons (Fsp3) is 0.167. The standard InChI is InChI=1S/C12H10N4O4/c1-7-3-9(15(17)18)11(13-5-7)12-10(16(19)20)4-8(2)6-14-12/h3-6H,1-2H3. The quantitative estimate of drug-likeness (QED) is 0.628. The number of rotatable bonds is 3. The van der Waals surface area contributed by atoms with Gasteiger partial charge in [0.15, 0.2) is 11.4 Å². The maximum Gasteiger partial charge on any atom is 0.297 e. The minimum atomic E-state index is -0.624. The van der Waals surface area contributed by atoms with E-state index >= 15 is 0 Å². The molecule has 0 radical (unpaired) electrons. The van der Waals surface area contributed by atoms with Gasteiger partial charge < -0.3 is 0 Å². The molecule has 0 aliphatic rings. The lowest BCUT2D eigenvalue weighted by Crippen LogP contribution is -2.01. The van der Waals surface area contributed by atoms with Gasteiger partial charge in [-0.05, 0) is 25.0 Å². The Morgan fingerprint density at radius 3 is 1.50 bits per heavy atom. The highest BCUT2D eigenvalue weighted by Crippen LogP contribution is 2.33. The van der Waals surface area contributed by atoms with Crippen molar-refractivity contribution >= 4 is 11.4 Å². The zero-order valence-corrected chi connectivity index (χ0v) is 10.7. The molecule has 8 heteroatoms. The van der Waals surface area contributed by atoms with Crippen LogP contribution in [-0.2, 0) is 0 Å². The SMILES string of the molecule is Cc1cnc(-c2ncc(C)cc2[N+](=O)[O-])c([N+](=O)[O-])c1. The number of nitro groups is 2. The molecule has 0 N–H and O–H groups in total. The fourth-order valence-corrected chi connectivity index (χ4v) is 1.75. The first-order chi connectivity index (χ1) is 9.40. The van der Waals surface area contributed by atoms with Gasteiger partial charge in [0, 0.05) is 24.5 Å². The first-order valence-corrected chi connectivity index (χ1v) is 5.62. The second kappa shape index (κ2) is 5.00. The van der Waals surface area contributed by atoms with Crippen LogP contribution in [0.4, 0.5) is 11.4 Å². The van der Waals surface area contributed by atoms with E-state index in [1.165, 1.54) is 24.5 Å². The molecule has 102 valence electrons. The van der Waals surface area contributed by atoms with Crippen LogP contribution in [0.3, 0.4) is 0 Å². The summed E-state index contributed by atoms with van der Waals surface area (Å²) in [6, 6.07) is 2.63. The van der Waals surface area contributed by atoms with Gasteiger partial charge in [0.2, 0.25) is 0 Å². The second-order valence-corrected chi connectivity index (χ2v) is 4.28. The van der Waals surface area contributed by atoms with Gasteiger partial charge >= 0.3 is 0 Å². The first-order valence-electron chi connectivity index (χ1n) is 5.62. The van der Waals surface area contributed by atoms with Crippen LogP contribution in [0.2, 0.25) is 0 Å². The average molecular weight is 274 g/mol. The molecule has 0 aliphatic heterocycles. The number of hydrogen-bond donors (Lipinski definition) is 0. The van der Waals surface area contributed by atoms with Crippen molar-refractivity contribution in [2.24, 2.45) is 0 Å². The summed E-state index contributed by atoms with van der Waals surface area (Å²) >= 11 is 0. The Hall–Kier alpha value is -2.90. The molecule has 0 fully saturated rings. The summed E-state index contributed by atoms with van der Waals surface area (Å²) in [7, 11) is 0. The van der Waals surface area contributed by atoms with Gasteiger partial charge in [-0.25, -0.2) is 9.97 Å². The summed E-state index contributed by atoms with van der Waals surface area (Å²) in [6.45, 7) is 3.31. The van der Waals surface area contributed by atoms with Gasteiger partial charge in [0.25, 0.3) is 11.4 Å². The average Bonchev–Trinajstić information content (AvgIpc) is 2.38. The Morgan fingerprint density at radius 1 is 0.850 bits per heavy atom. The van der Waals surface area contributed by atoms with E-state index in [4.69, 9.17) is 0 Å². The van der Waals surface area contributed by atoms with Crippen LogP contribution in [0.15, 0.2) is 24.5 Å². The second-order valence-electron chi connectivity index (χ2n) is 4.28. The molecule has 0 unspecified atom stereocenters. The number of hydrogen-bond acceptors (Lipinski definition) is 6. The fourth-order valence-electron chi connectivity index (χ4n) is 1.75. The Bertz CT molecular complexity index is 653. The Labute approximate surface area is 113 Å². The summed E-state index contributed by atoms with van der Waals surface area (Å²) in [5, 5.41) is 22.1. The van der Waals surface area contributed by atoms with Crippen LogP contribution in [0.25, 0.3) is 11.4 Å². The molecule has 0 aromatic carbocycles. The molecule has 0 saturated heterocycles. The van der Waals surface area contributed by atoms with E-state index < -0.39 is 9.85 Å². The molecule has 2 rings (SSSR count). The lowest BCUT2D eigenvalue weighted by molar-refractivity contribution is -0.386. The number of aromatic nitrogens is 2. The zero-order valence-electron chi connectivity index (χ0n) is 10.7. The first kappa shape index (κ1) is 13.5. The Balaban J connectivity index is 2.75. The summed E-state index contributed by atoms with van der Waals surface area (Å²) < 4.78 is 0. The maximum atomic E-state index is 11.1. The van der Waals surface area contributed by atoms with Gasteiger partial charge in [-0.1, -0.05) is 0 Å². The van der Waals surface area contributed by atoms with E-state index in [1.807, 2.05) is 0 Å². The number of aryl methyl sites for hydroxylation is 2. The van der Waals surface area contributed by atoms with Crippen LogP contribution in [0.1, 0.15) is 11.1 Å². The van der Waals surface area contributed by atoms with Crippen LogP contribution < -0.4 is 0 Å². The summed E-state index contributed by atoms with van der Waals surface area (Å²) in [5.74, 6) is 0. The van der Waals surface area contributed by atoms with Crippen molar-refractivity contribution in [3.8, 4) is 11.4 Å². The monoisotopic (exact) mass is 274 g/mol. The highest BCUT2D eigenvalue weighted by molar-refractivity contribution is 5.74. The lowest BCUT2D eigenvalue weighted by atomic mass is 10.1. The van der Waals surface area contributed by atoms with Crippen molar-refractivity contribution in [2.75, 3.05) is 0 Å². The number of pyridine rings is 2. The predicted octanol–water partition coefficient (Wildman–Crippen LogP) is 2.58. The highest BCUT2D eigenvalue weighted by Gasteiger charge is 2.26. The smallest absolute Gasteiger partial charge is 0.258 e. The molecule has 0 saturated carbocycles. The molecule has 2 aromatic heterocycles. The van der Waals surface area contributed by atoms with Crippen molar-refractivity contribution in [2.45, 2.75) is 13.8 Å². The van der Waals surface area contributed by atoms with Crippen LogP contribution in [0.5, 0.6) is 0 Å². The molecular weight excluding hydrogens is 264 g/mol. The summed E-state index contributed by atoms with van der Waals surface area (Å²) in [6.07, 6.45) is 2.82. The van der Waals surface area contributed by atoms with E-state index in [2.05, 4.69) is 9.97 Å². The third-order valence-corrected chi connectivity index (χ3v) is 2.63. The van der Waals surface area contributed by atoms with Crippen LogP contribution in [-0.4, -0.2) is 19.8 Å². The third kappa shape index (κ3) is 2.44. The molecule has 0 aliphatic carbocycles. The van der Waals surface area contributed by atoms with Crippen molar-refractivity contribution in [3.63, 3.8) is 0 Å². The minimum Gasteiger partial charge on any atom is -0.258 e. The number of nitrogens with zero attached hydrogens (tertiary/aromatic N) is 4. The topological polar surface area (TPSA) is 112 Å².